The molecule has 1 N–H and O–H groups in total. The summed E-state index contributed by atoms with van der Waals surface area (Å²) in [5.74, 6) is -0.115. The van der Waals surface area contributed by atoms with Crippen LogP contribution in [0.2, 0.25) is 0 Å². The van der Waals surface area contributed by atoms with E-state index in [2.05, 4.69) is 12.2 Å². The minimum atomic E-state index is -0.479. The molecule has 104 valence electrons. The quantitative estimate of drug-likeness (QED) is 0.558. The van der Waals surface area contributed by atoms with Gasteiger partial charge in [-0.3, -0.25) is 10.1 Å². The molecule has 0 aromatic heterocycles. The molecule has 2 unspecified atom stereocenters. The van der Waals surface area contributed by atoms with Crippen molar-refractivity contribution in [2.24, 2.45) is 0 Å². The number of unbranched alkanes of at least 4 members (excludes halogenated alkanes) is 1. The molecule has 4 nitrogen and oxygen atoms in total. The number of carbonyl (C=O) groups is 1. The van der Waals surface area contributed by atoms with E-state index in [1.54, 1.807) is 0 Å². The second kappa shape index (κ2) is 6.02. The van der Waals surface area contributed by atoms with Gasteiger partial charge < -0.3 is 9.47 Å². The van der Waals surface area contributed by atoms with Crippen LogP contribution in [0.3, 0.4) is 0 Å². The van der Waals surface area contributed by atoms with E-state index in [9.17, 15) is 4.79 Å². The first-order valence-corrected chi connectivity index (χ1v) is 7.18. The second-order valence-corrected chi connectivity index (χ2v) is 5.58. The molecule has 0 aliphatic heterocycles. The van der Waals surface area contributed by atoms with Gasteiger partial charge in [0.1, 0.15) is 5.54 Å². The summed E-state index contributed by atoms with van der Waals surface area (Å²) in [6.07, 6.45) is 7.38. The normalized spacial score (nSPS) is 31.6. The van der Waals surface area contributed by atoms with Gasteiger partial charge in [0, 0.05) is 19.1 Å². The molecule has 18 heavy (non-hydrogen) atoms. The first kappa shape index (κ1) is 13.8. The molecule has 0 amide bonds. The summed E-state index contributed by atoms with van der Waals surface area (Å²) in [6, 6.07) is 0.512. The van der Waals surface area contributed by atoms with Crippen molar-refractivity contribution in [1.29, 1.82) is 0 Å². The molecule has 0 saturated heterocycles. The Morgan fingerprint density at radius 1 is 1.39 bits per heavy atom. The summed E-state index contributed by atoms with van der Waals surface area (Å²) in [4.78, 5) is 12.0. The molecule has 0 spiro atoms. The highest BCUT2D eigenvalue weighted by molar-refractivity contribution is 5.81. The molecular formula is C14H25NO3. The topological polar surface area (TPSA) is 47.6 Å². The first-order valence-electron chi connectivity index (χ1n) is 7.18. The Balaban J connectivity index is 1.88. The van der Waals surface area contributed by atoms with Gasteiger partial charge in [-0.05, 0) is 32.1 Å². The first-order chi connectivity index (χ1) is 8.70. The summed E-state index contributed by atoms with van der Waals surface area (Å²) < 4.78 is 10.8. The zero-order valence-corrected chi connectivity index (χ0v) is 11.5. The predicted molar refractivity (Wildman–Crippen MR) is 69.4 cm³/mol. The van der Waals surface area contributed by atoms with Crippen LogP contribution in [0.25, 0.3) is 0 Å². The Hall–Kier alpha value is -0.610. The van der Waals surface area contributed by atoms with E-state index in [0.717, 1.165) is 38.7 Å². The Morgan fingerprint density at radius 2 is 2.17 bits per heavy atom. The average Bonchev–Trinajstić information content (AvgIpc) is 3.08. The van der Waals surface area contributed by atoms with Crippen LogP contribution < -0.4 is 5.32 Å². The maximum atomic E-state index is 12.0. The molecule has 0 bridgehead atoms. The standard InChI is InChI=1S/C14H25NO3/c1-3-4-9-18-12-7-8-14(10-12,13(16)17-2)15-11-5-6-11/h11-12,15H,3-10H2,1-2H3. The van der Waals surface area contributed by atoms with Crippen LogP contribution in [-0.2, 0) is 14.3 Å². The Morgan fingerprint density at radius 3 is 2.78 bits per heavy atom. The predicted octanol–water partition coefficient (Wildman–Crippen LogP) is 2.02. The Kier molecular flexibility index (Phi) is 4.62. The minimum Gasteiger partial charge on any atom is -0.468 e. The van der Waals surface area contributed by atoms with Crippen molar-refractivity contribution in [1.82, 2.24) is 5.32 Å². The van der Waals surface area contributed by atoms with Crippen LogP contribution in [-0.4, -0.2) is 37.4 Å². The van der Waals surface area contributed by atoms with E-state index in [4.69, 9.17) is 9.47 Å². The van der Waals surface area contributed by atoms with Crippen molar-refractivity contribution >= 4 is 5.97 Å². The second-order valence-electron chi connectivity index (χ2n) is 5.58. The van der Waals surface area contributed by atoms with E-state index in [-0.39, 0.29) is 12.1 Å². The maximum absolute atomic E-state index is 12.0. The molecule has 0 radical (unpaired) electrons. The van der Waals surface area contributed by atoms with Gasteiger partial charge >= 0.3 is 5.97 Å². The third-order valence-electron chi connectivity index (χ3n) is 3.95. The molecule has 2 aliphatic rings. The average molecular weight is 255 g/mol. The van der Waals surface area contributed by atoms with Gasteiger partial charge in [-0.1, -0.05) is 13.3 Å². The summed E-state index contributed by atoms with van der Waals surface area (Å²) in [7, 11) is 1.48. The molecule has 4 heteroatoms. The number of carbonyl (C=O) groups excluding carboxylic acids is 1. The molecule has 2 fully saturated rings. The van der Waals surface area contributed by atoms with Gasteiger partial charge in [0.05, 0.1) is 13.2 Å². The van der Waals surface area contributed by atoms with Crippen LogP contribution in [0.1, 0.15) is 51.9 Å². The van der Waals surface area contributed by atoms with Crippen LogP contribution in [0.15, 0.2) is 0 Å². The lowest BCUT2D eigenvalue weighted by Crippen LogP contribution is -2.52. The van der Waals surface area contributed by atoms with Gasteiger partial charge in [-0.2, -0.15) is 0 Å². The van der Waals surface area contributed by atoms with Crippen LogP contribution in [0.5, 0.6) is 0 Å². The zero-order chi connectivity index (χ0) is 13.0. The highest BCUT2D eigenvalue weighted by atomic mass is 16.5. The van der Waals surface area contributed by atoms with Crippen LogP contribution in [0, 0.1) is 0 Å². The molecule has 2 rings (SSSR count). The number of hydrogen-bond acceptors (Lipinski definition) is 4. The third kappa shape index (κ3) is 3.23. The number of ether oxygens (including phenoxy) is 2. The van der Waals surface area contributed by atoms with E-state index >= 15 is 0 Å². The summed E-state index contributed by atoms with van der Waals surface area (Å²) in [5, 5.41) is 3.48. The lowest BCUT2D eigenvalue weighted by atomic mass is 9.97. The molecule has 2 saturated carbocycles. The van der Waals surface area contributed by atoms with Crippen molar-refractivity contribution in [2.75, 3.05) is 13.7 Å². The highest BCUT2D eigenvalue weighted by Crippen LogP contribution is 2.36. The Bertz CT molecular complexity index is 291. The van der Waals surface area contributed by atoms with E-state index < -0.39 is 5.54 Å². The smallest absolute Gasteiger partial charge is 0.326 e. The fourth-order valence-corrected chi connectivity index (χ4v) is 2.73. The number of methoxy groups -OCH3 is 1. The fraction of sp³-hybridized carbons (Fsp3) is 0.929. The third-order valence-corrected chi connectivity index (χ3v) is 3.95. The van der Waals surface area contributed by atoms with Gasteiger partial charge in [0.15, 0.2) is 0 Å². The molecule has 0 aromatic rings. The molecular weight excluding hydrogens is 230 g/mol. The number of nitrogens with one attached hydrogen (secondary N) is 1. The highest BCUT2D eigenvalue weighted by Gasteiger charge is 2.49. The van der Waals surface area contributed by atoms with Crippen molar-refractivity contribution in [3.05, 3.63) is 0 Å². The summed E-state index contributed by atoms with van der Waals surface area (Å²) in [5.41, 5.74) is -0.479. The van der Waals surface area contributed by atoms with Crippen molar-refractivity contribution in [3.63, 3.8) is 0 Å². The number of rotatable bonds is 7. The lowest BCUT2D eigenvalue weighted by Gasteiger charge is -2.27. The van der Waals surface area contributed by atoms with Crippen molar-refractivity contribution in [3.8, 4) is 0 Å². The lowest BCUT2D eigenvalue weighted by molar-refractivity contribution is -0.149. The van der Waals surface area contributed by atoms with Gasteiger partial charge in [-0.25, -0.2) is 0 Å². The summed E-state index contributed by atoms with van der Waals surface area (Å²) in [6.45, 7) is 2.97. The molecule has 2 atom stereocenters. The van der Waals surface area contributed by atoms with Crippen molar-refractivity contribution < 1.29 is 14.3 Å². The summed E-state index contributed by atoms with van der Waals surface area (Å²) >= 11 is 0. The van der Waals surface area contributed by atoms with Crippen LogP contribution in [0.4, 0.5) is 0 Å². The zero-order valence-electron chi connectivity index (χ0n) is 11.5. The van der Waals surface area contributed by atoms with E-state index in [1.165, 1.54) is 20.0 Å². The van der Waals surface area contributed by atoms with E-state index in [1.807, 2.05) is 0 Å². The Labute approximate surface area is 109 Å². The SMILES string of the molecule is CCCCOC1CCC(NC2CC2)(C(=O)OC)C1. The molecule has 0 heterocycles. The number of esters is 1. The number of hydrogen-bond donors (Lipinski definition) is 1. The monoisotopic (exact) mass is 255 g/mol. The van der Waals surface area contributed by atoms with Gasteiger partial charge in [-0.15, -0.1) is 0 Å². The maximum Gasteiger partial charge on any atom is 0.326 e. The van der Waals surface area contributed by atoms with E-state index in [0.29, 0.717) is 6.04 Å². The molecule has 0 aromatic carbocycles. The van der Waals surface area contributed by atoms with Gasteiger partial charge in [0.2, 0.25) is 0 Å². The van der Waals surface area contributed by atoms with Crippen molar-refractivity contribution in [2.45, 2.75) is 69.6 Å². The van der Waals surface area contributed by atoms with Gasteiger partial charge in [0.25, 0.3) is 0 Å². The van der Waals surface area contributed by atoms with Crippen LogP contribution >= 0.6 is 0 Å². The fourth-order valence-electron chi connectivity index (χ4n) is 2.73. The largest absolute Gasteiger partial charge is 0.468 e. The minimum absolute atomic E-state index is 0.115. The molecule has 2 aliphatic carbocycles.